The fourth-order valence-corrected chi connectivity index (χ4v) is 14.2. The van der Waals surface area contributed by atoms with Crippen LogP contribution in [-0.4, -0.2) is 17.9 Å². The number of fused-ring (bicyclic) bond motifs is 18. The summed E-state index contributed by atoms with van der Waals surface area (Å²) >= 11 is 0. The van der Waals surface area contributed by atoms with Gasteiger partial charge in [-0.15, -0.1) is 0 Å². The summed E-state index contributed by atoms with van der Waals surface area (Å²) in [7, 11) is 0. The van der Waals surface area contributed by atoms with E-state index in [2.05, 4.69) is 233 Å². The first-order chi connectivity index (χ1) is 34.8. The Morgan fingerprint density at radius 3 is 1.19 bits per heavy atom. The molecule has 10 aromatic carbocycles. The Balaban J connectivity index is 1.03. The van der Waals surface area contributed by atoms with E-state index < -0.39 is 5.66 Å². The minimum atomic E-state index is -0.819. The summed E-state index contributed by atoms with van der Waals surface area (Å²) in [5, 5.41) is 12.3. The van der Waals surface area contributed by atoms with Gasteiger partial charge in [0.25, 0.3) is 0 Å². The zero-order chi connectivity index (χ0) is 44.9. The van der Waals surface area contributed by atoms with E-state index >= 15 is 0 Å². The Kier molecular flexibility index (Phi) is 5.69. The molecule has 0 saturated heterocycles. The van der Waals surface area contributed by atoms with Gasteiger partial charge in [-0.1, -0.05) is 97.1 Å². The van der Waals surface area contributed by atoms with Gasteiger partial charge in [0.15, 0.2) is 22.1 Å². The number of rotatable bonds is 2. The van der Waals surface area contributed by atoms with Crippen molar-refractivity contribution < 1.29 is 13.9 Å². The smallest absolute Gasteiger partial charge is 0.316 e. The number of ether oxygens (including phenoxy) is 1. The van der Waals surface area contributed by atoms with Crippen molar-refractivity contribution in [1.82, 2.24) is 17.9 Å². The third-order valence-electron chi connectivity index (χ3n) is 16.6. The van der Waals surface area contributed by atoms with Crippen LogP contribution in [0.2, 0.25) is 0 Å². The van der Waals surface area contributed by atoms with E-state index in [1.807, 2.05) is 0 Å². The Bertz CT molecular complexity index is 4880. The number of nitrogens with zero attached hydrogens (tertiary/aromatic N) is 6. The summed E-state index contributed by atoms with van der Waals surface area (Å²) in [6.45, 7) is 0. The second-order valence-corrected chi connectivity index (χ2v) is 19.6. The molecule has 0 radical (unpaired) electrons. The summed E-state index contributed by atoms with van der Waals surface area (Å²) in [6.07, 6.45) is 0. The van der Waals surface area contributed by atoms with Crippen molar-refractivity contribution in [3.8, 4) is 22.9 Å². The Morgan fingerprint density at radius 2 is 0.714 bits per heavy atom. The number of benzene rings is 10. The van der Waals surface area contributed by atoms with E-state index in [9.17, 15) is 0 Å². The van der Waals surface area contributed by atoms with Crippen LogP contribution >= 0.6 is 0 Å². The minimum Gasteiger partial charge on any atom is -0.456 e. The molecule has 0 aliphatic carbocycles. The molecule has 16 aromatic rings. The fraction of sp³-hybridized carbons (Fsp3) is 0.0159. The van der Waals surface area contributed by atoms with Gasteiger partial charge in [0.1, 0.15) is 33.7 Å². The lowest BCUT2D eigenvalue weighted by Crippen LogP contribution is -2.71. The van der Waals surface area contributed by atoms with Gasteiger partial charge in [-0.25, -0.2) is 0 Å². The largest absolute Gasteiger partial charge is 0.456 e. The van der Waals surface area contributed by atoms with Crippen LogP contribution in [0.5, 0.6) is 11.5 Å². The van der Waals surface area contributed by atoms with Crippen LogP contribution in [0.25, 0.3) is 132 Å². The van der Waals surface area contributed by atoms with Gasteiger partial charge >= 0.3 is 17.0 Å². The van der Waals surface area contributed by atoms with Gasteiger partial charge in [-0.3, -0.25) is 0 Å². The maximum atomic E-state index is 7.30. The molecular weight excluding hydrogens is 857 g/mol. The summed E-state index contributed by atoms with van der Waals surface area (Å²) in [6, 6.07) is 76.5. The van der Waals surface area contributed by atoms with E-state index in [1.54, 1.807) is 0 Å². The molecule has 0 saturated carbocycles. The van der Waals surface area contributed by atoms with Crippen LogP contribution in [0.15, 0.2) is 206 Å². The molecule has 0 bridgehead atoms. The molecule has 0 fully saturated rings. The van der Waals surface area contributed by atoms with Crippen molar-refractivity contribution in [2.45, 2.75) is 5.66 Å². The van der Waals surface area contributed by atoms with Crippen molar-refractivity contribution in [2.75, 3.05) is 0 Å². The molecule has 0 N–H and O–H groups in total. The third-order valence-corrected chi connectivity index (χ3v) is 16.6. The lowest BCUT2D eigenvalue weighted by Gasteiger charge is -2.31. The first kappa shape index (κ1) is 34.8. The number of hydrogen-bond acceptors (Lipinski definition) is 1. The SMILES string of the molecule is c1ccc(-n2c3ccccc3c3cc4c5ccc6c7c5c5n(c4cc32)c2ccccc2[n+]5C72c3c(ccc4c5cc7c8ccccc8n(-c8ccccc8)c7cc5n5c7ccccc7[n+]2c5c34)O6)cc1. The molecule has 6 aromatic heterocycles. The summed E-state index contributed by atoms with van der Waals surface area (Å²) in [5.74, 6) is 1.80. The minimum absolute atomic E-state index is 0.819. The molecule has 9 heterocycles. The van der Waals surface area contributed by atoms with Gasteiger partial charge in [0, 0.05) is 66.6 Å². The molecule has 320 valence electrons. The quantitative estimate of drug-likeness (QED) is 0.126. The third kappa shape index (κ3) is 3.58. The van der Waals surface area contributed by atoms with E-state index in [4.69, 9.17) is 4.74 Å². The van der Waals surface area contributed by atoms with E-state index in [-0.39, 0.29) is 0 Å². The number of pyridine rings is 2. The topological polar surface area (TPSA) is 35.7 Å². The average molecular weight is 891 g/mol. The first-order valence-corrected chi connectivity index (χ1v) is 24.2. The first-order valence-electron chi connectivity index (χ1n) is 24.2. The standard InChI is InChI=1S/C63H34N6O/c1-3-15-35(16-4-1)64-45-21-9-7-19-37(45)41-31-43-39-27-29-55-59-57(39)61-66(53(43)33-51(41)64)47-23-11-13-25-49(47)68(61)63(59)60-56(70-55)30-28-40-44-32-42-38-20-8-10-22-46(38)65(36-17-5-2-6-18-36)52(42)34-54(44)67-48-24-12-14-26-50(48)69(63)62(67)58(40)60/h1-34H/q+2. The molecule has 7 heteroatoms. The van der Waals surface area contributed by atoms with Crippen LogP contribution in [0.1, 0.15) is 11.1 Å². The lowest BCUT2D eigenvalue weighted by molar-refractivity contribution is -0.923. The van der Waals surface area contributed by atoms with Crippen LogP contribution in [0, 0.1) is 0 Å². The predicted molar refractivity (Wildman–Crippen MR) is 281 cm³/mol. The molecule has 3 aliphatic rings. The highest BCUT2D eigenvalue weighted by atomic mass is 16.5. The van der Waals surface area contributed by atoms with Gasteiger partial charge in [-0.2, -0.15) is 17.9 Å². The van der Waals surface area contributed by atoms with Gasteiger partial charge < -0.3 is 13.9 Å². The fourth-order valence-electron chi connectivity index (χ4n) is 14.2. The molecule has 70 heavy (non-hydrogen) atoms. The van der Waals surface area contributed by atoms with Crippen molar-refractivity contribution >= 4 is 120 Å². The maximum Gasteiger partial charge on any atom is 0.316 e. The summed E-state index contributed by atoms with van der Waals surface area (Å²) < 4.78 is 22.7. The molecule has 0 amide bonds. The molecule has 1 spiro atoms. The summed E-state index contributed by atoms with van der Waals surface area (Å²) in [5.41, 5.74) is 18.1. The van der Waals surface area contributed by atoms with Crippen molar-refractivity contribution in [2.24, 2.45) is 0 Å². The number of aromatic nitrogens is 6. The Labute approximate surface area is 396 Å². The van der Waals surface area contributed by atoms with Crippen molar-refractivity contribution in [3.63, 3.8) is 0 Å². The summed E-state index contributed by atoms with van der Waals surface area (Å²) in [4.78, 5) is 0. The van der Waals surface area contributed by atoms with Crippen molar-refractivity contribution in [1.29, 1.82) is 0 Å². The van der Waals surface area contributed by atoms with Crippen LogP contribution in [0.4, 0.5) is 0 Å². The Morgan fingerprint density at radius 1 is 0.314 bits per heavy atom. The molecule has 0 atom stereocenters. The van der Waals surface area contributed by atoms with E-state index in [0.29, 0.717) is 0 Å². The average Bonchev–Trinajstić information content (AvgIpc) is 4.25. The van der Waals surface area contributed by atoms with Crippen LogP contribution < -0.4 is 13.9 Å². The molecule has 3 aliphatic heterocycles. The van der Waals surface area contributed by atoms with Crippen molar-refractivity contribution in [3.05, 3.63) is 217 Å². The molecule has 7 nitrogen and oxygen atoms in total. The van der Waals surface area contributed by atoms with E-state index in [1.165, 1.54) is 131 Å². The normalized spacial score (nSPS) is 14.2. The number of hydrogen-bond donors (Lipinski definition) is 0. The van der Waals surface area contributed by atoms with Gasteiger partial charge in [-0.05, 0) is 97.1 Å². The zero-order valence-corrected chi connectivity index (χ0v) is 37.2. The zero-order valence-electron chi connectivity index (χ0n) is 37.2. The van der Waals surface area contributed by atoms with Crippen LogP contribution in [-0.2, 0) is 5.66 Å². The lowest BCUT2D eigenvalue weighted by atomic mass is 9.84. The van der Waals surface area contributed by atoms with Crippen LogP contribution in [0.3, 0.4) is 0 Å². The highest BCUT2D eigenvalue weighted by Gasteiger charge is 2.67. The maximum absolute atomic E-state index is 7.30. The highest BCUT2D eigenvalue weighted by molar-refractivity contribution is 6.24. The Hall–Kier alpha value is -9.46. The van der Waals surface area contributed by atoms with Gasteiger partial charge in [0.2, 0.25) is 0 Å². The number of imidazole rings is 2. The second kappa shape index (κ2) is 11.4. The molecular formula is C63H34N6O+2. The predicted octanol–water partition coefficient (Wildman–Crippen LogP) is 13.9. The monoisotopic (exact) mass is 890 g/mol. The molecule has 0 unspecified atom stereocenters. The van der Waals surface area contributed by atoms with E-state index in [0.717, 1.165) is 22.9 Å². The second-order valence-electron chi connectivity index (χ2n) is 19.6. The highest BCUT2D eigenvalue weighted by Crippen LogP contribution is 2.59. The molecule has 19 rings (SSSR count). The number of para-hydroxylation sites is 8. The van der Waals surface area contributed by atoms with Gasteiger partial charge in [0.05, 0.1) is 32.8 Å².